The first-order valence-corrected chi connectivity index (χ1v) is 6.60. The van der Waals surface area contributed by atoms with Crippen LogP contribution in [0.15, 0.2) is 5.16 Å². The Morgan fingerprint density at radius 2 is 2.12 bits per heavy atom. The van der Waals surface area contributed by atoms with E-state index in [1.165, 1.54) is 6.42 Å². The van der Waals surface area contributed by atoms with E-state index in [-0.39, 0.29) is 12.1 Å². The Balaban J connectivity index is 2.15. The molecule has 1 aromatic heterocycles. The van der Waals surface area contributed by atoms with Crippen LogP contribution in [0.25, 0.3) is 0 Å². The average Bonchev–Trinajstić information content (AvgIpc) is 2.75. The van der Waals surface area contributed by atoms with E-state index < -0.39 is 0 Å². The van der Waals surface area contributed by atoms with Crippen molar-refractivity contribution in [1.29, 1.82) is 0 Å². The summed E-state index contributed by atoms with van der Waals surface area (Å²) in [5.74, 6) is 0.490. The van der Waals surface area contributed by atoms with Crippen LogP contribution in [-0.2, 0) is 0 Å². The normalized spacial score (nSPS) is 25.5. The molecule has 2 atom stereocenters. The molecule has 0 spiro atoms. The van der Waals surface area contributed by atoms with Gasteiger partial charge in [0.25, 0.3) is 0 Å². The Bertz CT molecular complexity index is 362. The van der Waals surface area contributed by atoms with Gasteiger partial charge in [-0.3, -0.25) is 4.57 Å². The highest BCUT2D eigenvalue weighted by atomic mass is 32.2. The second kappa shape index (κ2) is 4.63. The molecule has 1 aliphatic rings. The van der Waals surface area contributed by atoms with Crippen molar-refractivity contribution in [3.05, 3.63) is 0 Å². The Morgan fingerprint density at radius 3 is 2.69 bits per heavy atom. The number of anilines is 1. The van der Waals surface area contributed by atoms with E-state index in [1.54, 1.807) is 11.8 Å². The summed E-state index contributed by atoms with van der Waals surface area (Å²) < 4.78 is 1.97. The lowest BCUT2D eigenvalue weighted by Crippen LogP contribution is -2.26. The standard InChI is InChI=1S/C10H19N5S/c1-6(2)15-9(12)13-14-10(15)16-8-5-3-4-7(8)11/h6-8H,3-5,11H2,1-2H3,(H2,12,13). The van der Waals surface area contributed by atoms with Crippen molar-refractivity contribution >= 4 is 17.7 Å². The monoisotopic (exact) mass is 241 g/mol. The molecule has 1 aliphatic carbocycles. The molecular formula is C10H19N5S. The molecule has 1 aromatic rings. The fourth-order valence-electron chi connectivity index (χ4n) is 2.09. The van der Waals surface area contributed by atoms with Crippen LogP contribution < -0.4 is 11.5 Å². The van der Waals surface area contributed by atoms with Gasteiger partial charge in [-0.15, -0.1) is 10.2 Å². The lowest BCUT2D eigenvalue weighted by molar-refractivity contribution is 0.555. The predicted octanol–water partition coefficient (Wildman–Crippen LogP) is 1.41. The third-order valence-corrected chi connectivity index (χ3v) is 4.34. The van der Waals surface area contributed by atoms with E-state index in [0.717, 1.165) is 18.0 Å². The smallest absolute Gasteiger partial charge is 0.222 e. The molecular weight excluding hydrogens is 222 g/mol. The highest BCUT2D eigenvalue weighted by molar-refractivity contribution is 7.99. The highest BCUT2D eigenvalue weighted by Crippen LogP contribution is 2.34. The number of thioether (sulfide) groups is 1. The number of rotatable bonds is 3. The quantitative estimate of drug-likeness (QED) is 0.836. The van der Waals surface area contributed by atoms with E-state index >= 15 is 0 Å². The van der Waals surface area contributed by atoms with E-state index in [1.807, 2.05) is 4.57 Å². The zero-order valence-corrected chi connectivity index (χ0v) is 10.6. The summed E-state index contributed by atoms with van der Waals surface area (Å²) in [6.07, 6.45) is 3.49. The lowest BCUT2D eigenvalue weighted by atomic mass is 10.3. The largest absolute Gasteiger partial charge is 0.368 e. The summed E-state index contributed by atoms with van der Waals surface area (Å²) in [5.41, 5.74) is 11.8. The molecule has 2 rings (SSSR count). The molecule has 90 valence electrons. The van der Waals surface area contributed by atoms with Crippen molar-refractivity contribution in [2.24, 2.45) is 5.73 Å². The SMILES string of the molecule is CC(C)n1c(N)nnc1SC1CCCC1N. The van der Waals surface area contributed by atoms with Gasteiger partial charge in [0.1, 0.15) is 0 Å². The van der Waals surface area contributed by atoms with Gasteiger partial charge in [-0.05, 0) is 26.7 Å². The van der Waals surface area contributed by atoms with Crippen LogP contribution in [0, 0.1) is 0 Å². The van der Waals surface area contributed by atoms with E-state index in [0.29, 0.717) is 11.2 Å². The van der Waals surface area contributed by atoms with Crippen LogP contribution in [0.2, 0.25) is 0 Å². The molecule has 0 saturated heterocycles. The van der Waals surface area contributed by atoms with Gasteiger partial charge in [-0.25, -0.2) is 0 Å². The third-order valence-electron chi connectivity index (χ3n) is 2.97. The summed E-state index contributed by atoms with van der Waals surface area (Å²) in [6.45, 7) is 4.16. The summed E-state index contributed by atoms with van der Waals surface area (Å²) in [5, 5.41) is 9.42. The summed E-state index contributed by atoms with van der Waals surface area (Å²) in [7, 11) is 0. The minimum absolute atomic E-state index is 0.281. The first kappa shape index (κ1) is 11.7. The minimum atomic E-state index is 0.281. The molecule has 1 fully saturated rings. The minimum Gasteiger partial charge on any atom is -0.368 e. The van der Waals surface area contributed by atoms with Crippen molar-refractivity contribution in [2.75, 3.05) is 5.73 Å². The first-order valence-electron chi connectivity index (χ1n) is 5.72. The van der Waals surface area contributed by atoms with Crippen LogP contribution in [0.1, 0.15) is 39.2 Å². The number of nitrogens with zero attached hydrogens (tertiary/aromatic N) is 3. The second-order valence-electron chi connectivity index (χ2n) is 4.56. The van der Waals surface area contributed by atoms with Crippen molar-refractivity contribution in [1.82, 2.24) is 14.8 Å². The summed E-state index contributed by atoms with van der Waals surface area (Å²) >= 11 is 1.72. The molecule has 0 bridgehead atoms. The average molecular weight is 241 g/mol. The van der Waals surface area contributed by atoms with Gasteiger partial charge in [-0.2, -0.15) is 0 Å². The fraction of sp³-hybridized carbons (Fsp3) is 0.800. The van der Waals surface area contributed by atoms with Crippen LogP contribution >= 0.6 is 11.8 Å². The van der Waals surface area contributed by atoms with Crippen LogP contribution in [-0.4, -0.2) is 26.1 Å². The fourth-order valence-corrected chi connectivity index (χ4v) is 3.46. The van der Waals surface area contributed by atoms with Gasteiger partial charge in [-0.1, -0.05) is 18.2 Å². The molecule has 4 N–H and O–H groups in total. The Kier molecular flexibility index (Phi) is 3.39. The zero-order valence-electron chi connectivity index (χ0n) is 9.76. The van der Waals surface area contributed by atoms with Crippen molar-refractivity contribution in [2.45, 2.75) is 55.6 Å². The van der Waals surface area contributed by atoms with Crippen LogP contribution in [0.5, 0.6) is 0 Å². The molecule has 0 amide bonds. The Labute approximate surface area is 100.0 Å². The molecule has 1 saturated carbocycles. The van der Waals surface area contributed by atoms with Gasteiger partial charge < -0.3 is 11.5 Å². The van der Waals surface area contributed by atoms with Crippen molar-refractivity contribution in [3.8, 4) is 0 Å². The van der Waals surface area contributed by atoms with Gasteiger partial charge in [0.2, 0.25) is 5.95 Å². The molecule has 6 heteroatoms. The lowest BCUT2D eigenvalue weighted by Gasteiger charge is -2.16. The number of hydrogen-bond acceptors (Lipinski definition) is 5. The molecule has 2 unspecified atom stereocenters. The van der Waals surface area contributed by atoms with E-state index in [4.69, 9.17) is 11.5 Å². The molecule has 5 nitrogen and oxygen atoms in total. The van der Waals surface area contributed by atoms with E-state index in [9.17, 15) is 0 Å². The molecule has 0 radical (unpaired) electrons. The Morgan fingerprint density at radius 1 is 1.38 bits per heavy atom. The highest BCUT2D eigenvalue weighted by Gasteiger charge is 2.27. The second-order valence-corrected chi connectivity index (χ2v) is 5.76. The maximum Gasteiger partial charge on any atom is 0.222 e. The molecule has 0 aliphatic heterocycles. The van der Waals surface area contributed by atoms with Gasteiger partial charge >= 0.3 is 0 Å². The van der Waals surface area contributed by atoms with Gasteiger partial charge in [0, 0.05) is 17.3 Å². The van der Waals surface area contributed by atoms with Gasteiger partial charge in [0.05, 0.1) is 0 Å². The number of nitrogen functional groups attached to an aromatic ring is 1. The predicted molar refractivity (Wildman–Crippen MR) is 66.3 cm³/mol. The van der Waals surface area contributed by atoms with E-state index in [2.05, 4.69) is 24.0 Å². The van der Waals surface area contributed by atoms with Gasteiger partial charge in [0.15, 0.2) is 5.16 Å². The molecule has 16 heavy (non-hydrogen) atoms. The molecule has 1 heterocycles. The van der Waals surface area contributed by atoms with Crippen LogP contribution in [0.4, 0.5) is 5.95 Å². The zero-order chi connectivity index (χ0) is 11.7. The van der Waals surface area contributed by atoms with Crippen molar-refractivity contribution < 1.29 is 0 Å². The number of aromatic nitrogens is 3. The number of hydrogen-bond donors (Lipinski definition) is 2. The maximum absolute atomic E-state index is 6.05. The summed E-state index contributed by atoms with van der Waals surface area (Å²) in [4.78, 5) is 0. The number of nitrogens with two attached hydrogens (primary N) is 2. The first-order chi connectivity index (χ1) is 7.59. The topological polar surface area (TPSA) is 82.8 Å². The maximum atomic E-state index is 6.05. The Hall–Kier alpha value is -0.750. The van der Waals surface area contributed by atoms with Crippen LogP contribution in [0.3, 0.4) is 0 Å². The summed E-state index contributed by atoms with van der Waals surface area (Å²) in [6, 6.07) is 0.568. The third kappa shape index (κ3) is 2.17. The van der Waals surface area contributed by atoms with Crippen molar-refractivity contribution in [3.63, 3.8) is 0 Å². The molecule has 0 aromatic carbocycles.